The van der Waals surface area contributed by atoms with E-state index in [1.165, 1.54) is 24.6 Å². The number of nitrogens with zero attached hydrogens (tertiary/aromatic N) is 4. The second-order valence-corrected chi connectivity index (χ2v) is 7.17. The van der Waals surface area contributed by atoms with Crippen molar-refractivity contribution >= 4 is 28.2 Å². The molecule has 0 amide bonds. The van der Waals surface area contributed by atoms with Crippen LogP contribution in [0.15, 0.2) is 24.4 Å². The lowest BCUT2D eigenvalue weighted by molar-refractivity contribution is 0.0606. The fourth-order valence-electron chi connectivity index (χ4n) is 3.52. The molecule has 0 bridgehead atoms. The average molecular weight is 362 g/mol. The summed E-state index contributed by atoms with van der Waals surface area (Å²) in [6, 6.07) is 10.2. The van der Waals surface area contributed by atoms with Crippen molar-refractivity contribution in [1.82, 2.24) is 9.55 Å². The molecule has 0 N–H and O–H groups in total. The highest BCUT2D eigenvalue weighted by Gasteiger charge is 2.24. The first-order valence-electron chi connectivity index (χ1n) is 8.18. The summed E-state index contributed by atoms with van der Waals surface area (Å²) < 4.78 is 6.73. The lowest BCUT2D eigenvalue weighted by atomic mass is 10.0. The summed E-state index contributed by atoms with van der Waals surface area (Å²) in [6.07, 6.45) is 4.16. The van der Waals surface area contributed by atoms with Crippen LogP contribution in [-0.2, 0) is 11.2 Å². The minimum atomic E-state index is -0.425. The predicted molar refractivity (Wildman–Crippen MR) is 96.7 cm³/mol. The van der Waals surface area contributed by atoms with E-state index < -0.39 is 5.97 Å². The SMILES string of the molecule is COC(=O)c1cnc(-c2cc(C#N)c3c(c2)cc2n3C(C#N)CCC2)s1. The van der Waals surface area contributed by atoms with Crippen molar-refractivity contribution < 1.29 is 9.53 Å². The third kappa shape index (κ3) is 2.45. The number of carbonyl (C=O) groups excluding carboxylic acids is 1. The zero-order chi connectivity index (χ0) is 18.3. The van der Waals surface area contributed by atoms with Crippen LogP contribution in [0, 0.1) is 22.7 Å². The van der Waals surface area contributed by atoms with E-state index in [2.05, 4.69) is 23.2 Å². The molecule has 1 aliphatic heterocycles. The molecule has 2 aromatic heterocycles. The number of benzene rings is 1. The maximum Gasteiger partial charge on any atom is 0.349 e. The molecule has 128 valence electrons. The number of fused-ring (bicyclic) bond motifs is 3. The van der Waals surface area contributed by atoms with Gasteiger partial charge in [-0.1, -0.05) is 0 Å². The van der Waals surface area contributed by atoms with Crippen LogP contribution >= 0.6 is 11.3 Å². The van der Waals surface area contributed by atoms with E-state index in [9.17, 15) is 15.3 Å². The zero-order valence-electron chi connectivity index (χ0n) is 14.0. The molecule has 1 aromatic carbocycles. The molecular formula is C19H14N4O2S. The standard InChI is InChI=1S/C19H14N4O2S/c1-25-19(24)16-10-22-18(26-16)12-5-11-7-14-3-2-4-15(9-21)23(14)17(11)13(6-12)8-20/h5-7,10,15H,2-4H2,1H3. The first-order valence-corrected chi connectivity index (χ1v) is 9.00. The van der Waals surface area contributed by atoms with Crippen LogP contribution in [0.3, 0.4) is 0 Å². The van der Waals surface area contributed by atoms with Crippen LogP contribution in [0.1, 0.15) is 39.8 Å². The molecule has 1 atom stereocenters. The Morgan fingerprint density at radius 3 is 2.96 bits per heavy atom. The number of nitriles is 2. The summed E-state index contributed by atoms with van der Waals surface area (Å²) in [4.78, 5) is 16.4. The molecule has 3 heterocycles. The molecular weight excluding hydrogens is 348 g/mol. The lowest BCUT2D eigenvalue weighted by Gasteiger charge is -2.21. The van der Waals surface area contributed by atoms with Crippen molar-refractivity contribution in [3.63, 3.8) is 0 Å². The van der Waals surface area contributed by atoms with Gasteiger partial charge >= 0.3 is 5.97 Å². The Hall–Kier alpha value is -3.16. The van der Waals surface area contributed by atoms with E-state index in [0.717, 1.165) is 41.4 Å². The minimum Gasteiger partial charge on any atom is -0.465 e. The molecule has 26 heavy (non-hydrogen) atoms. The molecule has 0 fully saturated rings. The van der Waals surface area contributed by atoms with Crippen molar-refractivity contribution in [2.24, 2.45) is 0 Å². The van der Waals surface area contributed by atoms with Gasteiger partial charge < -0.3 is 9.30 Å². The van der Waals surface area contributed by atoms with E-state index in [1.54, 1.807) is 6.07 Å². The van der Waals surface area contributed by atoms with E-state index in [4.69, 9.17) is 4.74 Å². The van der Waals surface area contributed by atoms with Crippen molar-refractivity contribution in [1.29, 1.82) is 10.5 Å². The molecule has 3 aromatic rings. The summed E-state index contributed by atoms with van der Waals surface area (Å²) in [5.74, 6) is -0.425. The number of methoxy groups -OCH3 is 1. The average Bonchev–Trinajstić information content (AvgIpc) is 3.30. The van der Waals surface area contributed by atoms with Gasteiger partial charge in [-0.05, 0) is 37.5 Å². The Labute approximate surface area is 153 Å². The van der Waals surface area contributed by atoms with Crippen molar-refractivity contribution in [2.75, 3.05) is 7.11 Å². The fraction of sp³-hybridized carbons (Fsp3) is 0.263. The number of aryl methyl sites for hydroxylation is 1. The normalized spacial score (nSPS) is 15.9. The molecule has 4 rings (SSSR count). The second-order valence-electron chi connectivity index (χ2n) is 6.14. The summed E-state index contributed by atoms with van der Waals surface area (Å²) in [5, 5.41) is 20.7. The maximum absolute atomic E-state index is 11.7. The third-order valence-corrected chi connectivity index (χ3v) is 5.67. The molecule has 6 nitrogen and oxygen atoms in total. The van der Waals surface area contributed by atoms with Crippen LogP contribution in [0.25, 0.3) is 21.5 Å². The summed E-state index contributed by atoms with van der Waals surface area (Å²) in [5.41, 5.74) is 3.19. The Kier molecular flexibility index (Phi) is 3.95. The van der Waals surface area contributed by atoms with Gasteiger partial charge in [0.05, 0.1) is 30.5 Å². The first-order chi connectivity index (χ1) is 12.7. The van der Waals surface area contributed by atoms with Gasteiger partial charge in [0.15, 0.2) is 0 Å². The minimum absolute atomic E-state index is 0.236. The highest BCUT2D eigenvalue weighted by molar-refractivity contribution is 7.16. The van der Waals surface area contributed by atoms with E-state index in [0.29, 0.717) is 15.4 Å². The van der Waals surface area contributed by atoms with Gasteiger partial charge in [0.2, 0.25) is 0 Å². The van der Waals surface area contributed by atoms with Crippen molar-refractivity contribution in [2.45, 2.75) is 25.3 Å². The third-order valence-electron chi connectivity index (χ3n) is 4.64. The van der Waals surface area contributed by atoms with Crippen LogP contribution in [0.2, 0.25) is 0 Å². The van der Waals surface area contributed by atoms with Gasteiger partial charge in [0, 0.05) is 16.6 Å². The molecule has 1 aliphatic rings. The van der Waals surface area contributed by atoms with Crippen LogP contribution in [0.5, 0.6) is 0 Å². The van der Waals surface area contributed by atoms with Gasteiger partial charge in [-0.25, -0.2) is 9.78 Å². The van der Waals surface area contributed by atoms with E-state index >= 15 is 0 Å². The Morgan fingerprint density at radius 1 is 1.38 bits per heavy atom. The van der Waals surface area contributed by atoms with Crippen molar-refractivity contribution in [3.05, 3.63) is 40.5 Å². The Morgan fingerprint density at radius 2 is 2.23 bits per heavy atom. The van der Waals surface area contributed by atoms with Crippen molar-refractivity contribution in [3.8, 4) is 22.7 Å². The highest BCUT2D eigenvalue weighted by Crippen LogP contribution is 2.36. The smallest absolute Gasteiger partial charge is 0.349 e. The van der Waals surface area contributed by atoms with Crippen LogP contribution < -0.4 is 0 Å². The first kappa shape index (κ1) is 16.3. The van der Waals surface area contributed by atoms with Gasteiger partial charge in [0.25, 0.3) is 0 Å². The number of hydrogen-bond acceptors (Lipinski definition) is 6. The summed E-state index contributed by atoms with van der Waals surface area (Å²) >= 11 is 1.23. The number of carbonyl (C=O) groups is 1. The van der Waals surface area contributed by atoms with Gasteiger partial charge in [-0.15, -0.1) is 11.3 Å². The van der Waals surface area contributed by atoms with Crippen LogP contribution in [0.4, 0.5) is 0 Å². The second kappa shape index (κ2) is 6.29. The number of rotatable bonds is 2. The number of hydrogen-bond donors (Lipinski definition) is 0. The quantitative estimate of drug-likeness (QED) is 0.646. The molecule has 0 spiro atoms. The largest absolute Gasteiger partial charge is 0.465 e. The number of esters is 1. The molecule has 7 heteroatoms. The molecule has 0 aliphatic carbocycles. The van der Waals surface area contributed by atoms with Crippen LogP contribution in [-0.4, -0.2) is 22.6 Å². The highest BCUT2D eigenvalue weighted by atomic mass is 32.1. The molecule has 0 saturated heterocycles. The van der Waals surface area contributed by atoms with E-state index in [-0.39, 0.29) is 6.04 Å². The predicted octanol–water partition coefficient (Wildman–Crippen LogP) is 3.82. The Balaban J connectivity index is 1.90. The number of thiazole rings is 1. The van der Waals surface area contributed by atoms with Gasteiger partial charge in [-0.2, -0.15) is 10.5 Å². The summed E-state index contributed by atoms with van der Waals surface area (Å²) in [6.45, 7) is 0. The monoisotopic (exact) mass is 362 g/mol. The molecule has 1 unspecified atom stereocenters. The number of ether oxygens (including phenoxy) is 1. The topological polar surface area (TPSA) is 91.7 Å². The molecule has 0 saturated carbocycles. The Bertz CT molecular complexity index is 1110. The van der Waals surface area contributed by atoms with E-state index in [1.807, 2.05) is 10.6 Å². The zero-order valence-corrected chi connectivity index (χ0v) is 14.8. The fourth-order valence-corrected chi connectivity index (χ4v) is 4.34. The summed E-state index contributed by atoms with van der Waals surface area (Å²) in [7, 11) is 1.33. The molecule has 0 radical (unpaired) electrons. The van der Waals surface area contributed by atoms with Gasteiger partial charge in [0.1, 0.15) is 22.0 Å². The lowest BCUT2D eigenvalue weighted by Crippen LogP contribution is -2.16. The van der Waals surface area contributed by atoms with Gasteiger partial charge in [-0.3, -0.25) is 0 Å². The number of aromatic nitrogens is 2. The maximum atomic E-state index is 11.7.